The van der Waals surface area contributed by atoms with Crippen LogP contribution >= 0.6 is 0 Å². The van der Waals surface area contributed by atoms with Gasteiger partial charge in [-0.25, -0.2) is 0 Å². The van der Waals surface area contributed by atoms with E-state index in [0.29, 0.717) is 12.3 Å². The summed E-state index contributed by atoms with van der Waals surface area (Å²) in [4.78, 5) is 12.2. The number of carbonyl (C=O) groups excluding carboxylic acids is 1. The topological polar surface area (TPSA) is 72.5 Å². The van der Waals surface area contributed by atoms with E-state index in [1.54, 1.807) is 18.2 Å². The minimum absolute atomic E-state index is 0.208. The van der Waals surface area contributed by atoms with Gasteiger partial charge in [0.1, 0.15) is 5.75 Å². The van der Waals surface area contributed by atoms with Crippen molar-refractivity contribution in [1.29, 1.82) is 0 Å². The van der Waals surface area contributed by atoms with Gasteiger partial charge in [0.2, 0.25) is 0 Å². The molecule has 0 amide bonds. The first kappa shape index (κ1) is 13.9. The van der Waals surface area contributed by atoms with Crippen LogP contribution in [0.2, 0.25) is 0 Å². The number of benzene rings is 1. The molecule has 104 valence electrons. The second-order valence-corrected chi connectivity index (χ2v) is 5.47. The molecule has 0 saturated heterocycles. The van der Waals surface area contributed by atoms with Gasteiger partial charge in [-0.3, -0.25) is 4.79 Å². The Bertz CT molecular complexity index is 456. The molecule has 1 aromatic carbocycles. The molecule has 4 heteroatoms. The highest BCUT2D eigenvalue weighted by molar-refractivity contribution is 5.77. The van der Waals surface area contributed by atoms with Crippen molar-refractivity contribution < 1.29 is 14.6 Å². The maximum atomic E-state index is 12.2. The second kappa shape index (κ2) is 5.61. The van der Waals surface area contributed by atoms with Crippen molar-refractivity contribution in [3.05, 3.63) is 29.8 Å². The van der Waals surface area contributed by atoms with E-state index in [1.807, 2.05) is 6.07 Å². The second-order valence-electron chi connectivity index (χ2n) is 5.47. The Hall–Kier alpha value is -1.55. The summed E-state index contributed by atoms with van der Waals surface area (Å²) in [6.45, 7) is 0.270. The van der Waals surface area contributed by atoms with Crippen LogP contribution < -0.4 is 5.73 Å². The van der Waals surface area contributed by atoms with Crippen LogP contribution in [-0.2, 0) is 16.0 Å². The molecule has 19 heavy (non-hydrogen) atoms. The lowest BCUT2D eigenvalue weighted by molar-refractivity contribution is -0.153. The number of ether oxygens (including phenoxy) is 1. The first-order valence-corrected chi connectivity index (χ1v) is 6.66. The number of rotatable bonds is 6. The molecule has 1 aliphatic carbocycles. The Kier molecular flexibility index (Phi) is 4.10. The van der Waals surface area contributed by atoms with Crippen molar-refractivity contribution in [3.63, 3.8) is 0 Å². The number of methoxy groups -OCH3 is 1. The van der Waals surface area contributed by atoms with E-state index in [1.165, 1.54) is 20.0 Å². The van der Waals surface area contributed by atoms with Crippen LogP contribution in [-0.4, -0.2) is 24.7 Å². The van der Waals surface area contributed by atoms with Crippen LogP contribution in [0.1, 0.15) is 24.8 Å². The zero-order valence-corrected chi connectivity index (χ0v) is 11.3. The Balaban J connectivity index is 2.22. The molecule has 0 spiro atoms. The molecule has 0 radical (unpaired) electrons. The molecule has 1 aromatic rings. The van der Waals surface area contributed by atoms with Gasteiger partial charge in [0.25, 0.3) is 0 Å². The Morgan fingerprint density at radius 3 is 2.79 bits per heavy atom. The van der Waals surface area contributed by atoms with Gasteiger partial charge in [-0.1, -0.05) is 25.0 Å². The third kappa shape index (κ3) is 3.26. The van der Waals surface area contributed by atoms with Crippen molar-refractivity contribution in [2.45, 2.75) is 25.7 Å². The summed E-state index contributed by atoms with van der Waals surface area (Å²) in [7, 11) is 1.40. The first-order valence-electron chi connectivity index (χ1n) is 6.66. The number of esters is 1. The predicted octanol–water partition coefficient (Wildman–Crippen LogP) is 1.85. The van der Waals surface area contributed by atoms with Gasteiger partial charge in [-0.2, -0.15) is 0 Å². The van der Waals surface area contributed by atoms with E-state index in [4.69, 9.17) is 10.5 Å². The van der Waals surface area contributed by atoms with Crippen LogP contribution in [0.3, 0.4) is 0 Å². The molecule has 1 saturated carbocycles. The number of aromatic hydroxyl groups is 1. The minimum Gasteiger partial charge on any atom is -0.508 e. The lowest BCUT2D eigenvalue weighted by atomic mass is 9.77. The minimum atomic E-state index is -0.663. The highest BCUT2D eigenvalue weighted by Crippen LogP contribution is 2.42. The molecule has 4 nitrogen and oxygen atoms in total. The molecule has 2 rings (SSSR count). The quantitative estimate of drug-likeness (QED) is 0.768. The highest BCUT2D eigenvalue weighted by atomic mass is 16.5. The summed E-state index contributed by atoms with van der Waals surface area (Å²) in [5.74, 6) is 0.546. The zero-order chi connectivity index (χ0) is 13.9. The first-order chi connectivity index (χ1) is 9.09. The maximum absolute atomic E-state index is 12.2. The van der Waals surface area contributed by atoms with Crippen molar-refractivity contribution >= 4 is 5.97 Å². The number of nitrogens with two attached hydrogens (primary N) is 1. The SMILES string of the molecule is COC(=O)C(CN)(Cc1cccc(O)c1)CC1CC1. The molecule has 0 aliphatic heterocycles. The largest absolute Gasteiger partial charge is 0.508 e. The third-order valence-electron chi connectivity index (χ3n) is 3.84. The standard InChI is InChI=1S/C15H21NO3/c1-19-14(18)15(10-16,8-11-5-6-11)9-12-3-2-4-13(17)7-12/h2-4,7,11,17H,5-6,8-10,16H2,1H3. The van der Waals surface area contributed by atoms with Crippen molar-refractivity contribution in [2.75, 3.05) is 13.7 Å². The molecule has 1 unspecified atom stereocenters. The van der Waals surface area contributed by atoms with Gasteiger partial charge in [0, 0.05) is 6.54 Å². The Labute approximate surface area is 113 Å². The van der Waals surface area contributed by atoms with Gasteiger partial charge in [0.15, 0.2) is 0 Å². The van der Waals surface area contributed by atoms with E-state index in [9.17, 15) is 9.90 Å². The van der Waals surface area contributed by atoms with E-state index < -0.39 is 5.41 Å². The lowest BCUT2D eigenvalue weighted by Crippen LogP contribution is -2.42. The van der Waals surface area contributed by atoms with E-state index in [0.717, 1.165) is 12.0 Å². The van der Waals surface area contributed by atoms with Gasteiger partial charge < -0.3 is 15.6 Å². The summed E-state index contributed by atoms with van der Waals surface area (Å²) < 4.78 is 4.96. The fourth-order valence-corrected chi connectivity index (χ4v) is 2.61. The van der Waals surface area contributed by atoms with Gasteiger partial charge >= 0.3 is 5.97 Å². The van der Waals surface area contributed by atoms with E-state index >= 15 is 0 Å². The number of phenols is 1. The number of carbonyl (C=O) groups is 1. The number of hydrogen-bond acceptors (Lipinski definition) is 4. The van der Waals surface area contributed by atoms with Crippen molar-refractivity contribution in [2.24, 2.45) is 17.1 Å². The molecule has 1 aliphatic rings. The summed E-state index contributed by atoms with van der Waals surface area (Å²) in [6.07, 6.45) is 3.62. The summed E-state index contributed by atoms with van der Waals surface area (Å²) in [5.41, 5.74) is 6.13. The van der Waals surface area contributed by atoms with Gasteiger partial charge in [0.05, 0.1) is 12.5 Å². The van der Waals surface area contributed by atoms with E-state index in [-0.39, 0.29) is 18.3 Å². The number of hydrogen-bond donors (Lipinski definition) is 2. The van der Waals surface area contributed by atoms with Crippen molar-refractivity contribution in [1.82, 2.24) is 0 Å². The Morgan fingerprint density at radius 1 is 1.53 bits per heavy atom. The number of phenolic OH excluding ortho intramolecular Hbond substituents is 1. The molecular weight excluding hydrogens is 242 g/mol. The fourth-order valence-electron chi connectivity index (χ4n) is 2.61. The maximum Gasteiger partial charge on any atom is 0.313 e. The third-order valence-corrected chi connectivity index (χ3v) is 3.84. The average Bonchev–Trinajstić information content (AvgIpc) is 3.21. The normalized spacial score (nSPS) is 17.8. The lowest BCUT2D eigenvalue weighted by Gasteiger charge is -2.30. The zero-order valence-electron chi connectivity index (χ0n) is 11.3. The van der Waals surface area contributed by atoms with Gasteiger partial charge in [-0.15, -0.1) is 0 Å². The van der Waals surface area contributed by atoms with Crippen LogP contribution in [0.25, 0.3) is 0 Å². The Morgan fingerprint density at radius 2 is 2.26 bits per heavy atom. The summed E-state index contributed by atoms with van der Waals surface area (Å²) in [5, 5.41) is 9.53. The molecule has 0 heterocycles. The fraction of sp³-hybridized carbons (Fsp3) is 0.533. The molecule has 3 N–H and O–H groups in total. The molecule has 1 fully saturated rings. The van der Waals surface area contributed by atoms with Crippen LogP contribution in [0.5, 0.6) is 5.75 Å². The van der Waals surface area contributed by atoms with E-state index in [2.05, 4.69) is 0 Å². The monoisotopic (exact) mass is 263 g/mol. The molecule has 1 atom stereocenters. The van der Waals surface area contributed by atoms with Crippen molar-refractivity contribution in [3.8, 4) is 5.75 Å². The summed E-state index contributed by atoms with van der Waals surface area (Å²) in [6, 6.07) is 6.98. The highest BCUT2D eigenvalue weighted by Gasteiger charge is 2.43. The van der Waals surface area contributed by atoms with Crippen LogP contribution in [0.15, 0.2) is 24.3 Å². The molecule has 0 aromatic heterocycles. The predicted molar refractivity (Wildman–Crippen MR) is 72.7 cm³/mol. The summed E-state index contributed by atoms with van der Waals surface area (Å²) >= 11 is 0. The van der Waals surface area contributed by atoms with Crippen LogP contribution in [0, 0.1) is 11.3 Å². The average molecular weight is 263 g/mol. The smallest absolute Gasteiger partial charge is 0.313 e. The van der Waals surface area contributed by atoms with Gasteiger partial charge in [-0.05, 0) is 36.5 Å². The van der Waals surface area contributed by atoms with Crippen LogP contribution in [0.4, 0.5) is 0 Å². The molecular formula is C15H21NO3. The molecule has 0 bridgehead atoms.